The molecule has 0 aromatic rings. The minimum atomic E-state index is -0.331. The molecule has 1 amide bonds. The third-order valence-electron chi connectivity index (χ3n) is 2.85. The number of carbonyl (C=O) groups excluding carboxylic acids is 2. The lowest BCUT2D eigenvalue weighted by atomic mass is 10.2. The molecule has 110 valence electrons. The van der Waals surface area contributed by atoms with E-state index < -0.39 is 0 Å². The average Bonchev–Trinajstić information content (AvgIpc) is 2.42. The fraction of sp³-hybridized carbons (Fsp3) is 0.733. The van der Waals surface area contributed by atoms with Crippen molar-refractivity contribution in [2.24, 2.45) is 0 Å². The minimum absolute atomic E-state index is 0.0264. The van der Waals surface area contributed by atoms with Crippen molar-refractivity contribution in [1.82, 2.24) is 4.90 Å². The van der Waals surface area contributed by atoms with Crippen LogP contribution in [0.1, 0.15) is 52.4 Å². The molecule has 19 heavy (non-hydrogen) atoms. The highest BCUT2D eigenvalue weighted by Crippen LogP contribution is 2.01. The van der Waals surface area contributed by atoms with E-state index in [0.29, 0.717) is 13.2 Å². The number of unbranched alkanes of at least 4 members (excludes halogenated alkanes) is 4. The number of hydrogen-bond donors (Lipinski definition) is 0. The van der Waals surface area contributed by atoms with Crippen LogP contribution in [0.3, 0.4) is 0 Å². The van der Waals surface area contributed by atoms with Gasteiger partial charge < -0.3 is 9.64 Å². The highest BCUT2D eigenvalue weighted by atomic mass is 16.5. The molecular formula is C15H27NO3. The molecule has 0 unspecified atom stereocenters. The summed E-state index contributed by atoms with van der Waals surface area (Å²) in [6.45, 7) is 8.68. The maximum Gasteiger partial charge on any atom is 0.325 e. The number of ether oxygens (including phenoxy) is 1. The number of amides is 1. The van der Waals surface area contributed by atoms with Gasteiger partial charge in [0, 0.05) is 6.54 Å². The summed E-state index contributed by atoms with van der Waals surface area (Å²) in [5.74, 6) is -0.542. The van der Waals surface area contributed by atoms with Crippen LogP contribution in [-0.2, 0) is 14.3 Å². The average molecular weight is 269 g/mol. The summed E-state index contributed by atoms with van der Waals surface area (Å²) in [6, 6.07) is 0. The number of nitrogens with zero attached hydrogens (tertiary/aromatic N) is 1. The first kappa shape index (κ1) is 17.7. The van der Waals surface area contributed by atoms with Crippen LogP contribution >= 0.6 is 0 Å². The second kappa shape index (κ2) is 11.8. The fourth-order valence-electron chi connectivity index (χ4n) is 1.66. The third-order valence-corrected chi connectivity index (χ3v) is 2.85. The van der Waals surface area contributed by atoms with E-state index in [1.54, 1.807) is 0 Å². The van der Waals surface area contributed by atoms with Gasteiger partial charge in [0.05, 0.1) is 6.61 Å². The van der Waals surface area contributed by atoms with Crippen LogP contribution in [0.4, 0.5) is 0 Å². The van der Waals surface area contributed by atoms with Gasteiger partial charge in [0.2, 0.25) is 5.91 Å². The van der Waals surface area contributed by atoms with Crippen molar-refractivity contribution in [2.45, 2.75) is 52.4 Å². The standard InChI is InChI=1S/C15H27NO3/c1-4-7-9-10-12-19-15(18)13-16(11-8-5-2)14(17)6-3/h6H,3-5,7-13H2,1-2H3. The SMILES string of the molecule is C=CC(=O)N(CCCC)CC(=O)OCCCCCC. The smallest absolute Gasteiger partial charge is 0.325 e. The lowest BCUT2D eigenvalue weighted by Gasteiger charge is -2.19. The van der Waals surface area contributed by atoms with E-state index in [9.17, 15) is 9.59 Å². The number of hydrogen-bond acceptors (Lipinski definition) is 3. The lowest BCUT2D eigenvalue weighted by Crippen LogP contribution is -2.36. The van der Waals surface area contributed by atoms with Crippen molar-refractivity contribution in [3.63, 3.8) is 0 Å². The Bertz CT molecular complexity index is 277. The molecule has 4 nitrogen and oxygen atoms in total. The van der Waals surface area contributed by atoms with Crippen LogP contribution in [0.5, 0.6) is 0 Å². The second-order valence-electron chi connectivity index (χ2n) is 4.60. The topological polar surface area (TPSA) is 46.6 Å². The van der Waals surface area contributed by atoms with E-state index in [1.807, 2.05) is 6.92 Å². The Morgan fingerprint density at radius 3 is 2.37 bits per heavy atom. The maximum atomic E-state index is 11.6. The Hall–Kier alpha value is -1.32. The molecule has 0 spiro atoms. The molecule has 0 aliphatic carbocycles. The van der Waals surface area contributed by atoms with Crippen LogP contribution in [-0.4, -0.2) is 36.5 Å². The van der Waals surface area contributed by atoms with Crippen molar-refractivity contribution in [2.75, 3.05) is 19.7 Å². The van der Waals surface area contributed by atoms with Crippen LogP contribution < -0.4 is 0 Å². The molecule has 0 aromatic carbocycles. The molecule has 0 N–H and O–H groups in total. The van der Waals surface area contributed by atoms with Crippen LogP contribution in [0.25, 0.3) is 0 Å². The van der Waals surface area contributed by atoms with E-state index >= 15 is 0 Å². The molecule has 0 aromatic heterocycles. The first-order valence-electron chi connectivity index (χ1n) is 7.22. The number of esters is 1. The van der Waals surface area contributed by atoms with Crippen LogP contribution in [0.15, 0.2) is 12.7 Å². The molecule has 0 fully saturated rings. The molecular weight excluding hydrogens is 242 g/mol. The monoisotopic (exact) mass is 269 g/mol. The van der Waals surface area contributed by atoms with Crippen molar-refractivity contribution in [3.05, 3.63) is 12.7 Å². The predicted octanol–water partition coefficient (Wildman–Crippen LogP) is 2.92. The Morgan fingerprint density at radius 2 is 1.79 bits per heavy atom. The quantitative estimate of drug-likeness (QED) is 0.329. The van der Waals surface area contributed by atoms with Crippen LogP contribution in [0, 0.1) is 0 Å². The van der Waals surface area contributed by atoms with Gasteiger partial charge in [-0.15, -0.1) is 0 Å². The van der Waals surface area contributed by atoms with Gasteiger partial charge in [0.25, 0.3) is 0 Å². The lowest BCUT2D eigenvalue weighted by molar-refractivity contribution is -0.148. The molecule has 0 atom stereocenters. The Labute approximate surface area is 116 Å². The number of carbonyl (C=O) groups is 2. The van der Waals surface area contributed by atoms with Crippen molar-refractivity contribution in [3.8, 4) is 0 Å². The zero-order chi connectivity index (χ0) is 14.5. The first-order chi connectivity index (χ1) is 9.15. The molecule has 0 rings (SSSR count). The van der Waals surface area contributed by atoms with Gasteiger partial charge in [-0.05, 0) is 18.9 Å². The summed E-state index contributed by atoms with van der Waals surface area (Å²) in [5, 5.41) is 0. The molecule has 0 saturated heterocycles. The van der Waals surface area contributed by atoms with Crippen molar-refractivity contribution >= 4 is 11.9 Å². The summed E-state index contributed by atoms with van der Waals surface area (Å²) in [7, 11) is 0. The summed E-state index contributed by atoms with van der Waals surface area (Å²) in [6.07, 6.45) is 7.39. The Morgan fingerprint density at radius 1 is 1.11 bits per heavy atom. The molecule has 0 radical (unpaired) electrons. The third kappa shape index (κ3) is 9.28. The van der Waals surface area contributed by atoms with E-state index in [0.717, 1.165) is 38.5 Å². The molecule has 0 aliphatic heterocycles. The summed E-state index contributed by atoms with van der Waals surface area (Å²) >= 11 is 0. The molecule has 0 heterocycles. The fourth-order valence-corrected chi connectivity index (χ4v) is 1.66. The van der Waals surface area contributed by atoms with Gasteiger partial charge in [-0.3, -0.25) is 9.59 Å². The zero-order valence-electron chi connectivity index (χ0n) is 12.3. The predicted molar refractivity (Wildman–Crippen MR) is 76.8 cm³/mol. The van der Waals surface area contributed by atoms with E-state index in [-0.39, 0.29) is 18.4 Å². The maximum absolute atomic E-state index is 11.6. The van der Waals surface area contributed by atoms with Gasteiger partial charge in [-0.25, -0.2) is 0 Å². The summed E-state index contributed by atoms with van der Waals surface area (Å²) < 4.78 is 5.13. The van der Waals surface area contributed by atoms with Crippen molar-refractivity contribution < 1.29 is 14.3 Å². The second-order valence-corrected chi connectivity index (χ2v) is 4.60. The van der Waals surface area contributed by atoms with Gasteiger partial charge in [-0.1, -0.05) is 46.1 Å². The van der Waals surface area contributed by atoms with Crippen molar-refractivity contribution in [1.29, 1.82) is 0 Å². The minimum Gasteiger partial charge on any atom is -0.464 e. The molecule has 4 heteroatoms. The number of rotatable bonds is 11. The highest BCUT2D eigenvalue weighted by Gasteiger charge is 2.14. The Balaban J connectivity index is 3.95. The van der Waals surface area contributed by atoms with E-state index in [1.165, 1.54) is 11.0 Å². The molecule has 0 aliphatic rings. The van der Waals surface area contributed by atoms with Crippen LogP contribution in [0.2, 0.25) is 0 Å². The molecule has 0 saturated carbocycles. The van der Waals surface area contributed by atoms with Gasteiger partial charge in [0.15, 0.2) is 0 Å². The first-order valence-corrected chi connectivity index (χ1v) is 7.22. The summed E-state index contributed by atoms with van der Waals surface area (Å²) in [4.78, 5) is 24.7. The largest absolute Gasteiger partial charge is 0.464 e. The normalized spacial score (nSPS) is 10.0. The molecule has 0 bridgehead atoms. The summed E-state index contributed by atoms with van der Waals surface area (Å²) in [5.41, 5.74) is 0. The highest BCUT2D eigenvalue weighted by molar-refractivity contribution is 5.89. The van der Waals surface area contributed by atoms with Gasteiger partial charge >= 0.3 is 5.97 Å². The van der Waals surface area contributed by atoms with E-state index in [2.05, 4.69) is 13.5 Å². The zero-order valence-corrected chi connectivity index (χ0v) is 12.3. The van der Waals surface area contributed by atoms with Gasteiger partial charge in [-0.2, -0.15) is 0 Å². The van der Waals surface area contributed by atoms with E-state index in [4.69, 9.17) is 4.74 Å². The Kier molecular flexibility index (Phi) is 10.9. The van der Waals surface area contributed by atoms with Gasteiger partial charge in [0.1, 0.15) is 6.54 Å².